The Morgan fingerprint density at radius 1 is 1.25 bits per heavy atom. The number of guanidine groups is 1. The third kappa shape index (κ3) is 7.16. The van der Waals surface area contributed by atoms with E-state index in [1.807, 2.05) is 26.0 Å². The summed E-state index contributed by atoms with van der Waals surface area (Å²) in [6.07, 6.45) is 2.29. The number of sulfonamides is 1. The zero-order valence-electron chi connectivity index (χ0n) is 17.2. The van der Waals surface area contributed by atoms with Gasteiger partial charge in [-0.15, -0.1) is 24.0 Å². The van der Waals surface area contributed by atoms with Crippen molar-refractivity contribution < 1.29 is 13.2 Å². The number of aliphatic imine (C=N–C) groups is 1. The zero-order chi connectivity index (χ0) is 19.9. The third-order valence-corrected chi connectivity index (χ3v) is 6.29. The van der Waals surface area contributed by atoms with Gasteiger partial charge in [-0.25, -0.2) is 13.1 Å². The number of likely N-dealkylation sites (tertiary alicyclic amines) is 1. The lowest BCUT2D eigenvalue weighted by molar-refractivity contribution is 0.0264. The Balaban J connectivity index is 0.00000392. The molecule has 2 rings (SSSR count). The summed E-state index contributed by atoms with van der Waals surface area (Å²) in [6, 6.07) is 5.44. The van der Waals surface area contributed by atoms with Crippen LogP contribution in [-0.4, -0.2) is 65.2 Å². The predicted octanol–water partition coefficient (Wildman–Crippen LogP) is 2.28. The van der Waals surface area contributed by atoms with Gasteiger partial charge in [-0.1, -0.05) is 12.1 Å². The van der Waals surface area contributed by atoms with Crippen molar-refractivity contribution in [3.05, 3.63) is 29.3 Å². The first kappa shape index (κ1) is 25.1. The standard InChI is InChI=1S/C19H32N4O3S.HI/c1-5-26-17-8-12-23(13-9-17)19(20-4)21-10-11-22-27(24,25)18-14-15(2)6-7-16(18)3;/h6-7,14,17,22H,5,8-13H2,1-4H3,(H,20,21);1H. The van der Waals surface area contributed by atoms with Crippen LogP contribution in [0.4, 0.5) is 0 Å². The van der Waals surface area contributed by atoms with E-state index in [1.54, 1.807) is 20.0 Å². The summed E-state index contributed by atoms with van der Waals surface area (Å²) in [5, 5.41) is 3.24. The number of piperidine rings is 1. The zero-order valence-corrected chi connectivity index (χ0v) is 20.3. The number of hydrogen-bond acceptors (Lipinski definition) is 4. The number of rotatable bonds is 7. The minimum absolute atomic E-state index is 0. The fourth-order valence-electron chi connectivity index (χ4n) is 3.24. The molecular formula is C19H33IN4O3S. The highest BCUT2D eigenvalue weighted by molar-refractivity contribution is 14.0. The van der Waals surface area contributed by atoms with Gasteiger partial charge in [-0.2, -0.15) is 0 Å². The average Bonchev–Trinajstić information content (AvgIpc) is 2.65. The lowest BCUT2D eigenvalue weighted by Crippen LogP contribution is -2.48. The second-order valence-corrected chi connectivity index (χ2v) is 8.52. The fourth-order valence-corrected chi connectivity index (χ4v) is 4.60. The van der Waals surface area contributed by atoms with Gasteiger partial charge in [0.1, 0.15) is 0 Å². The second kappa shape index (κ2) is 11.9. The molecule has 0 aromatic heterocycles. The van der Waals surface area contributed by atoms with Crippen LogP contribution in [-0.2, 0) is 14.8 Å². The SMILES string of the molecule is CCOC1CCN(C(=NC)NCCNS(=O)(=O)c2cc(C)ccc2C)CC1.I. The average molecular weight is 524 g/mol. The van der Waals surface area contributed by atoms with Gasteiger partial charge in [-0.05, 0) is 50.8 Å². The van der Waals surface area contributed by atoms with Crippen LogP contribution in [0.25, 0.3) is 0 Å². The van der Waals surface area contributed by atoms with Crippen molar-refractivity contribution in [2.45, 2.75) is 44.6 Å². The molecule has 1 aromatic carbocycles. The lowest BCUT2D eigenvalue weighted by Gasteiger charge is -2.34. The lowest BCUT2D eigenvalue weighted by atomic mass is 10.1. The van der Waals surface area contributed by atoms with Crippen LogP contribution in [0.5, 0.6) is 0 Å². The summed E-state index contributed by atoms with van der Waals surface area (Å²) in [6.45, 7) is 9.01. The van der Waals surface area contributed by atoms with Gasteiger partial charge in [0.15, 0.2) is 5.96 Å². The molecule has 7 nitrogen and oxygen atoms in total. The second-order valence-electron chi connectivity index (χ2n) is 6.78. The maximum absolute atomic E-state index is 12.5. The van der Waals surface area contributed by atoms with E-state index < -0.39 is 10.0 Å². The van der Waals surface area contributed by atoms with Gasteiger partial charge in [-0.3, -0.25) is 4.99 Å². The summed E-state index contributed by atoms with van der Waals surface area (Å²) in [5.41, 5.74) is 1.67. The smallest absolute Gasteiger partial charge is 0.240 e. The van der Waals surface area contributed by atoms with Crippen molar-refractivity contribution in [3.8, 4) is 0 Å². The highest BCUT2D eigenvalue weighted by atomic mass is 127. The van der Waals surface area contributed by atoms with Crippen LogP contribution >= 0.6 is 24.0 Å². The molecule has 0 bridgehead atoms. The Morgan fingerprint density at radius 2 is 1.93 bits per heavy atom. The number of aryl methyl sites for hydroxylation is 2. The number of nitrogens with zero attached hydrogens (tertiary/aromatic N) is 2. The van der Waals surface area contributed by atoms with Crippen molar-refractivity contribution in [2.24, 2.45) is 4.99 Å². The number of nitrogens with one attached hydrogen (secondary N) is 2. The number of benzene rings is 1. The van der Waals surface area contributed by atoms with Gasteiger partial charge in [0.05, 0.1) is 11.0 Å². The quantitative estimate of drug-likeness (QED) is 0.248. The molecule has 0 aliphatic carbocycles. The molecule has 0 amide bonds. The molecule has 2 N–H and O–H groups in total. The first-order valence-corrected chi connectivity index (χ1v) is 11.0. The molecule has 9 heteroatoms. The van der Waals surface area contributed by atoms with E-state index in [4.69, 9.17) is 4.74 Å². The number of ether oxygens (including phenoxy) is 1. The highest BCUT2D eigenvalue weighted by Gasteiger charge is 2.21. The van der Waals surface area contributed by atoms with Crippen molar-refractivity contribution in [3.63, 3.8) is 0 Å². The fraction of sp³-hybridized carbons (Fsp3) is 0.632. The Morgan fingerprint density at radius 3 is 2.54 bits per heavy atom. The summed E-state index contributed by atoms with van der Waals surface area (Å²) in [5.74, 6) is 0.802. The van der Waals surface area contributed by atoms with Gasteiger partial charge < -0.3 is 15.0 Å². The molecule has 0 spiro atoms. The molecule has 160 valence electrons. The summed E-state index contributed by atoms with van der Waals surface area (Å²) in [7, 11) is -1.77. The molecule has 1 aliphatic heterocycles. The van der Waals surface area contributed by atoms with Gasteiger partial charge in [0.25, 0.3) is 0 Å². The van der Waals surface area contributed by atoms with E-state index in [0.717, 1.165) is 49.6 Å². The monoisotopic (exact) mass is 524 g/mol. The molecule has 0 atom stereocenters. The van der Waals surface area contributed by atoms with E-state index in [1.165, 1.54) is 0 Å². The van der Waals surface area contributed by atoms with Crippen LogP contribution in [0.1, 0.15) is 30.9 Å². The van der Waals surface area contributed by atoms with E-state index in [0.29, 0.717) is 24.1 Å². The number of hydrogen-bond donors (Lipinski definition) is 2. The van der Waals surface area contributed by atoms with E-state index >= 15 is 0 Å². The first-order valence-electron chi connectivity index (χ1n) is 9.51. The van der Waals surface area contributed by atoms with Crippen molar-refractivity contribution >= 4 is 40.0 Å². The predicted molar refractivity (Wildman–Crippen MR) is 124 cm³/mol. The Kier molecular flexibility index (Phi) is 10.7. The van der Waals surface area contributed by atoms with Crippen LogP contribution in [0.15, 0.2) is 28.1 Å². The maximum atomic E-state index is 12.5. The molecule has 1 aromatic rings. The largest absolute Gasteiger partial charge is 0.378 e. The van der Waals surface area contributed by atoms with Crippen LogP contribution in [0, 0.1) is 13.8 Å². The molecule has 0 saturated carbocycles. The molecule has 1 fully saturated rings. The van der Waals surface area contributed by atoms with Crippen molar-refractivity contribution in [1.82, 2.24) is 14.9 Å². The topological polar surface area (TPSA) is 83.0 Å². The van der Waals surface area contributed by atoms with E-state index in [-0.39, 0.29) is 24.0 Å². The first-order chi connectivity index (χ1) is 12.9. The summed E-state index contributed by atoms with van der Waals surface area (Å²) < 4.78 is 33.4. The van der Waals surface area contributed by atoms with Crippen molar-refractivity contribution in [2.75, 3.05) is 39.8 Å². The Bertz CT molecular complexity index is 748. The van der Waals surface area contributed by atoms with Crippen LogP contribution < -0.4 is 10.0 Å². The van der Waals surface area contributed by atoms with Crippen molar-refractivity contribution in [1.29, 1.82) is 0 Å². The minimum atomic E-state index is -3.52. The number of halogens is 1. The Hall–Kier alpha value is -0.910. The van der Waals surface area contributed by atoms with E-state index in [9.17, 15) is 8.42 Å². The van der Waals surface area contributed by atoms with Gasteiger partial charge in [0, 0.05) is 39.8 Å². The molecule has 1 aliphatic rings. The van der Waals surface area contributed by atoms with Crippen LogP contribution in [0.3, 0.4) is 0 Å². The summed E-state index contributed by atoms with van der Waals surface area (Å²) in [4.78, 5) is 6.84. The normalized spacial score (nSPS) is 16.0. The van der Waals surface area contributed by atoms with Crippen LogP contribution in [0.2, 0.25) is 0 Å². The van der Waals surface area contributed by atoms with Gasteiger partial charge >= 0.3 is 0 Å². The molecule has 28 heavy (non-hydrogen) atoms. The molecule has 0 radical (unpaired) electrons. The maximum Gasteiger partial charge on any atom is 0.240 e. The summed E-state index contributed by atoms with van der Waals surface area (Å²) >= 11 is 0. The van der Waals surface area contributed by atoms with E-state index in [2.05, 4.69) is 19.9 Å². The minimum Gasteiger partial charge on any atom is -0.378 e. The highest BCUT2D eigenvalue weighted by Crippen LogP contribution is 2.16. The molecular weight excluding hydrogens is 491 g/mol. The molecule has 0 unspecified atom stereocenters. The van der Waals surface area contributed by atoms with Gasteiger partial charge in [0.2, 0.25) is 10.0 Å². The third-order valence-electron chi connectivity index (χ3n) is 4.69. The molecule has 1 saturated heterocycles. The molecule has 1 heterocycles. The Labute approximate surface area is 186 Å².